The van der Waals surface area contributed by atoms with Crippen molar-refractivity contribution in [2.45, 2.75) is 25.3 Å². The minimum atomic E-state index is -0.758. The molecule has 94 valence electrons. The number of hydrogen-bond acceptors (Lipinski definition) is 4. The van der Waals surface area contributed by atoms with E-state index in [1.54, 1.807) is 7.11 Å². The van der Waals surface area contributed by atoms with Crippen LogP contribution in [0, 0.1) is 0 Å². The monoisotopic (exact) mass is 231 g/mol. The third kappa shape index (κ3) is 2.72. The predicted octanol–water partition coefficient (Wildman–Crippen LogP) is 0.589. The third-order valence-corrected chi connectivity index (χ3v) is 3.27. The number of ether oxygens (including phenoxy) is 2. The molecule has 1 rings (SSSR count). The summed E-state index contributed by atoms with van der Waals surface area (Å²) in [6.45, 7) is 4.96. The van der Waals surface area contributed by atoms with Gasteiger partial charge in [-0.25, -0.2) is 0 Å². The van der Waals surface area contributed by atoms with Crippen LogP contribution in [0.3, 0.4) is 0 Å². The molecule has 1 aliphatic heterocycles. The number of likely N-dealkylation sites (N-methyl/N-ethyl adjacent to an activating group) is 1. The Morgan fingerprint density at radius 1 is 1.50 bits per heavy atom. The fourth-order valence-corrected chi connectivity index (χ4v) is 2.25. The predicted molar refractivity (Wildman–Crippen MR) is 59.5 cm³/mol. The minimum Gasteiger partial charge on any atom is -0.480 e. The van der Waals surface area contributed by atoms with Crippen molar-refractivity contribution < 1.29 is 19.4 Å². The molecular weight excluding hydrogens is 210 g/mol. The summed E-state index contributed by atoms with van der Waals surface area (Å²) >= 11 is 0. The fourth-order valence-electron chi connectivity index (χ4n) is 2.25. The first kappa shape index (κ1) is 13.4. The molecule has 0 amide bonds. The van der Waals surface area contributed by atoms with Crippen molar-refractivity contribution in [1.29, 1.82) is 0 Å². The van der Waals surface area contributed by atoms with Crippen LogP contribution in [0.5, 0.6) is 0 Å². The molecule has 0 aromatic carbocycles. The highest BCUT2D eigenvalue weighted by molar-refractivity contribution is 5.79. The van der Waals surface area contributed by atoms with Gasteiger partial charge in [0, 0.05) is 26.9 Å². The van der Waals surface area contributed by atoms with Gasteiger partial charge in [-0.3, -0.25) is 9.69 Å². The molecule has 1 fully saturated rings. The Morgan fingerprint density at radius 3 is 2.56 bits per heavy atom. The normalized spacial score (nSPS) is 19.9. The van der Waals surface area contributed by atoms with Crippen LogP contribution in [0.1, 0.15) is 19.8 Å². The zero-order valence-electron chi connectivity index (χ0n) is 10.1. The number of carbonyl (C=O) groups is 1. The molecule has 0 saturated carbocycles. The molecule has 0 aromatic rings. The molecule has 0 unspecified atom stereocenters. The van der Waals surface area contributed by atoms with Crippen molar-refractivity contribution in [1.82, 2.24) is 4.90 Å². The molecule has 0 aromatic heterocycles. The maximum absolute atomic E-state index is 11.5. The van der Waals surface area contributed by atoms with Gasteiger partial charge in [0.25, 0.3) is 0 Å². The summed E-state index contributed by atoms with van der Waals surface area (Å²) in [6, 6.07) is 0. The van der Waals surface area contributed by atoms with Gasteiger partial charge in [-0.2, -0.15) is 0 Å². The van der Waals surface area contributed by atoms with Crippen LogP contribution in [0.4, 0.5) is 0 Å². The van der Waals surface area contributed by atoms with Gasteiger partial charge >= 0.3 is 5.97 Å². The van der Waals surface area contributed by atoms with E-state index in [0.29, 0.717) is 39.2 Å². The second kappa shape index (κ2) is 6.18. The average Bonchev–Trinajstić information content (AvgIpc) is 2.31. The van der Waals surface area contributed by atoms with E-state index in [1.807, 2.05) is 11.8 Å². The molecule has 5 heteroatoms. The molecule has 1 saturated heterocycles. The van der Waals surface area contributed by atoms with Crippen LogP contribution < -0.4 is 0 Å². The zero-order chi connectivity index (χ0) is 12.0. The van der Waals surface area contributed by atoms with E-state index in [9.17, 15) is 9.90 Å². The molecule has 1 aliphatic rings. The van der Waals surface area contributed by atoms with Gasteiger partial charge in [0.15, 0.2) is 0 Å². The number of carboxylic acids is 1. The van der Waals surface area contributed by atoms with Crippen molar-refractivity contribution >= 4 is 5.97 Å². The lowest BCUT2D eigenvalue weighted by molar-refractivity contribution is -0.159. The lowest BCUT2D eigenvalue weighted by atomic mass is 9.88. The van der Waals surface area contributed by atoms with Crippen LogP contribution in [0.15, 0.2) is 0 Å². The summed E-state index contributed by atoms with van der Waals surface area (Å²) in [5.74, 6) is -0.742. The first-order valence-electron chi connectivity index (χ1n) is 5.72. The average molecular weight is 231 g/mol. The summed E-state index contributed by atoms with van der Waals surface area (Å²) in [5.41, 5.74) is -0.758. The topological polar surface area (TPSA) is 59.0 Å². The van der Waals surface area contributed by atoms with Gasteiger partial charge in [-0.1, -0.05) is 6.92 Å². The zero-order valence-corrected chi connectivity index (χ0v) is 10.1. The standard InChI is InChI=1S/C11H21NO4/c1-3-12(6-9-15-2)11(10(13)14)4-7-16-8-5-11/h3-9H2,1-2H3,(H,13,14). The van der Waals surface area contributed by atoms with E-state index in [2.05, 4.69) is 0 Å². The number of carboxylic acid groups (broad SMARTS) is 1. The molecule has 16 heavy (non-hydrogen) atoms. The van der Waals surface area contributed by atoms with E-state index >= 15 is 0 Å². The van der Waals surface area contributed by atoms with Crippen LogP contribution in [-0.4, -0.2) is 61.5 Å². The summed E-state index contributed by atoms with van der Waals surface area (Å²) in [4.78, 5) is 13.5. The van der Waals surface area contributed by atoms with Gasteiger partial charge in [0.2, 0.25) is 0 Å². The number of hydrogen-bond donors (Lipinski definition) is 1. The summed E-state index contributed by atoms with van der Waals surface area (Å²) in [6.07, 6.45) is 1.11. The lowest BCUT2D eigenvalue weighted by Crippen LogP contribution is -2.58. The van der Waals surface area contributed by atoms with Crippen molar-refractivity contribution in [3.8, 4) is 0 Å². The van der Waals surface area contributed by atoms with E-state index in [1.165, 1.54) is 0 Å². The Kier molecular flexibility index (Phi) is 5.18. The number of methoxy groups -OCH3 is 1. The molecule has 0 bridgehead atoms. The Bertz CT molecular complexity index is 226. The molecule has 0 radical (unpaired) electrons. The Morgan fingerprint density at radius 2 is 2.12 bits per heavy atom. The lowest BCUT2D eigenvalue weighted by Gasteiger charge is -2.42. The number of rotatable bonds is 6. The maximum atomic E-state index is 11.5. The highest BCUT2D eigenvalue weighted by Crippen LogP contribution is 2.28. The van der Waals surface area contributed by atoms with Gasteiger partial charge in [-0.15, -0.1) is 0 Å². The van der Waals surface area contributed by atoms with E-state index in [-0.39, 0.29) is 0 Å². The second-order valence-corrected chi connectivity index (χ2v) is 4.02. The van der Waals surface area contributed by atoms with Crippen molar-refractivity contribution in [3.05, 3.63) is 0 Å². The van der Waals surface area contributed by atoms with Crippen LogP contribution in [0.2, 0.25) is 0 Å². The second-order valence-electron chi connectivity index (χ2n) is 4.02. The SMILES string of the molecule is CCN(CCOC)C1(C(=O)O)CCOCC1. The number of aliphatic carboxylic acids is 1. The quantitative estimate of drug-likeness (QED) is 0.725. The Balaban J connectivity index is 2.76. The maximum Gasteiger partial charge on any atom is 0.324 e. The first-order chi connectivity index (χ1) is 7.67. The molecule has 5 nitrogen and oxygen atoms in total. The molecular formula is C11H21NO4. The van der Waals surface area contributed by atoms with Gasteiger partial charge in [-0.05, 0) is 19.4 Å². The highest BCUT2D eigenvalue weighted by Gasteiger charge is 2.44. The van der Waals surface area contributed by atoms with Crippen LogP contribution in [-0.2, 0) is 14.3 Å². The van der Waals surface area contributed by atoms with Crippen LogP contribution in [0.25, 0.3) is 0 Å². The fraction of sp³-hybridized carbons (Fsp3) is 0.909. The van der Waals surface area contributed by atoms with E-state index < -0.39 is 11.5 Å². The molecule has 0 atom stereocenters. The van der Waals surface area contributed by atoms with E-state index in [0.717, 1.165) is 6.54 Å². The molecule has 0 spiro atoms. The van der Waals surface area contributed by atoms with Crippen molar-refractivity contribution in [2.24, 2.45) is 0 Å². The third-order valence-electron chi connectivity index (χ3n) is 3.27. The minimum absolute atomic E-state index is 0.524. The summed E-state index contributed by atoms with van der Waals surface area (Å²) in [7, 11) is 1.63. The largest absolute Gasteiger partial charge is 0.480 e. The van der Waals surface area contributed by atoms with Crippen molar-refractivity contribution in [3.63, 3.8) is 0 Å². The summed E-state index contributed by atoms with van der Waals surface area (Å²) in [5, 5.41) is 9.45. The molecule has 1 N–H and O–H groups in total. The van der Waals surface area contributed by atoms with Gasteiger partial charge in [0.05, 0.1) is 6.61 Å². The van der Waals surface area contributed by atoms with Crippen molar-refractivity contribution in [2.75, 3.05) is 40.0 Å². The Labute approximate surface area is 96.3 Å². The van der Waals surface area contributed by atoms with Crippen LogP contribution >= 0.6 is 0 Å². The highest BCUT2D eigenvalue weighted by atomic mass is 16.5. The number of nitrogens with zero attached hydrogens (tertiary/aromatic N) is 1. The molecule has 1 heterocycles. The Hall–Kier alpha value is -0.650. The van der Waals surface area contributed by atoms with Gasteiger partial charge in [0.1, 0.15) is 5.54 Å². The summed E-state index contributed by atoms with van der Waals surface area (Å²) < 4.78 is 10.3. The first-order valence-corrected chi connectivity index (χ1v) is 5.72. The van der Waals surface area contributed by atoms with E-state index in [4.69, 9.17) is 9.47 Å². The smallest absolute Gasteiger partial charge is 0.324 e. The van der Waals surface area contributed by atoms with Gasteiger partial charge < -0.3 is 14.6 Å². The molecule has 0 aliphatic carbocycles.